The number of benzene rings is 2. The Morgan fingerprint density at radius 3 is 2.68 bits per heavy atom. The average Bonchev–Trinajstić information content (AvgIpc) is 3.06. The second-order valence-electron chi connectivity index (χ2n) is 5.61. The van der Waals surface area contributed by atoms with Gasteiger partial charge in [0.05, 0.1) is 11.3 Å². The Morgan fingerprint density at radius 1 is 1.00 bits per heavy atom. The van der Waals surface area contributed by atoms with Gasteiger partial charge in [0.2, 0.25) is 0 Å². The topological polar surface area (TPSA) is 46.4 Å². The van der Waals surface area contributed by atoms with E-state index in [9.17, 15) is 9.18 Å². The van der Waals surface area contributed by atoms with Gasteiger partial charge in [0.15, 0.2) is 0 Å². The normalized spacial score (nSPS) is 10.8. The summed E-state index contributed by atoms with van der Waals surface area (Å²) < 4.78 is 15.7. The molecular weight excluding hydrogens is 317 g/mol. The van der Waals surface area contributed by atoms with Gasteiger partial charge in [0, 0.05) is 23.6 Å². The van der Waals surface area contributed by atoms with Crippen LogP contribution in [0.3, 0.4) is 0 Å². The lowest BCUT2D eigenvalue weighted by molar-refractivity contribution is 0.102. The first-order valence-corrected chi connectivity index (χ1v) is 7.81. The molecule has 4 nitrogen and oxygen atoms in total. The molecule has 122 valence electrons. The average molecular weight is 331 g/mol. The summed E-state index contributed by atoms with van der Waals surface area (Å²) in [6.07, 6.45) is 3.85. The smallest absolute Gasteiger partial charge is 0.258 e. The molecule has 0 aliphatic rings. The number of amides is 1. The number of imidazole rings is 1. The highest BCUT2D eigenvalue weighted by Gasteiger charge is 2.12. The first kappa shape index (κ1) is 15.1. The number of aromatic nitrogens is 2. The Hall–Kier alpha value is -3.47. The maximum Gasteiger partial charge on any atom is 0.258 e. The summed E-state index contributed by atoms with van der Waals surface area (Å²) in [4.78, 5) is 16.8. The Morgan fingerprint density at radius 2 is 1.84 bits per heavy atom. The van der Waals surface area contributed by atoms with Crippen molar-refractivity contribution in [2.45, 2.75) is 0 Å². The molecule has 0 aliphatic carbocycles. The van der Waals surface area contributed by atoms with Gasteiger partial charge >= 0.3 is 0 Å². The summed E-state index contributed by atoms with van der Waals surface area (Å²) in [6, 6.07) is 19.0. The van der Waals surface area contributed by atoms with Gasteiger partial charge in [-0.2, -0.15) is 0 Å². The molecule has 0 fully saturated rings. The van der Waals surface area contributed by atoms with Gasteiger partial charge in [-0.15, -0.1) is 0 Å². The van der Waals surface area contributed by atoms with Crippen molar-refractivity contribution >= 4 is 17.2 Å². The van der Waals surface area contributed by atoms with E-state index < -0.39 is 11.7 Å². The highest BCUT2D eigenvalue weighted by atomic mass is 19.1. The standard InChI is InChI=1S/C20H14FN3O/c21-17-9-2-1-8-16(17)20(25)22-15-7-5-6-14(12-15)18-13-24-11-4-3-10-19(24)23-18/h1-13H,(H,22,25). The Kier molecular flexibility index (Phi) is 3.74. The summed E-state index contributed by atoms with van der Waals surface area (Å²) in [5.41, 5.74) is 3.12. The fourth-order valence-corrected chi connectivity index (χ4v) is 2.67. The lowest BCUT2D eigenvalue weighted by Crippen LogP contribution is -2.13. The van der Waals surface area contributed by atoms with Crippen LogP contribution in [0.4, 0.5) is 10.1 Å². The van der Waals surface area contributed by atoms with Crippen LogP contribution in [-0.4, -0.2) is 15.3 Å². The SMILES string of the molecule is O=C(Nc1cccc(-c2cn3ccccc3n2)c1)c1ccccc1F. The third-order valence-corrected chi connectivity index (χ3v) is 3.90. The molecule has 2 aromatic carbocycles. The molecule has 0 unspecified atom stereocenters. The number of hydrogen-bond donors (Lipinski definition) is 1. The van der Waals surface area contributed by atoms with E-state index in [1.807, 2.05) is 53.2 Å². The fourth-order valence-electron chi connectivity index (χ4n) is 2.67. The van der Waals surface area contributed by atoms with E-state index >= 15 is 0 Å². The van der Waals surface area contributed by atoms with Crippen LogP contribution >= 0.6 is 0 Å². The molecule has 4 rings (SSSR count). The summed E-state index contributed by atoms with van der Waals surface area (Å²) in [7, 11) is 0. The molecule has 0 radical (unpaired) electrons. The van der Waals surface area contributed by atoms with Gasteiger partial charge in [-0.05, 0) is 36.4 Å². The minimum absolute atomic E-state index is 0.0145. The van der Waals surface area contributed by atoms with Crippen molar-refractivity contribution in [2.24, 2.45) is 0 Å². The molecule has 0 aliphatic heterocycles. The van der Waals surface area contributed by atoms with Crippen LogP contribution in [0.2, 0.25) is 0 Å². The van der Waals surface area contributed by atoms with Crippen LogP contribution in [-0.2, 0) is 0 Å². The molecular formula is C20H14FN3O. The third kappa shape index (κ3) is 2.99. The lowest BCUT2D eigenvalue weighted by atomic mass is 10.1. The number of carbonyl (C=O) groups is 1. The van der Waals surface area contributed by atoms with E-state index in [0.29, 0.717) is 5.69 Å². The summed E-state index contributed by atoms with van der Waals surface area (Å²) in [6.45, 7) is 0. The second kappa shape index (κ2) is 6.20. The maximum atomic E-state index is 13.7. The maximum absolute atomic E-state index is 13.7. The predicted molar refractivity (Wildman–Crippen MR) is 95.0 cm³/mol. The van der Waals surface area contributed by atoms with Gasteiger partial charge < -0.3 is 9.72 Å². The minimum atomic E-state index is -0.545. The number of nitrogens with zero attached hydrogens (tertiary/aromatic N) is 2. The van der Waals surface area contributed by atoms with Crippen molar-refractivity contribution in [3.05, 3.63) is 90.5 Å². The number of anilines is 1. The molecule has 0 saturated heterocycles. The zero-order valence-electron chi connectivity index (χ0n) is 13.2. The highest BCUT2D eigenvalue weighted by molar-refractivity contribution is 6.04. The summed E-state index contributed by atoms with van der Waals surface area (Å²) >= 11 is 0. The third-order valence-electron chi connectivity index (χ3n) is 3.90. The quantitative estimate of drug-likeness (QED) is 0.605. The van der Waals surface area contributed by atoms with Crippen molar-refractivity contribution in [3.63, 3.8) is 0 Å². The predicted octanol–water partition coefficient (Wildman–Crippen LogP) is 4.39. The zero-order valence-corrected chi connectivity index (χ0v) is 13.2. The van der Waals surface area contributed by atoms with E-state index in [1.165, 1.54) is 12.1 Å². The number of pyridine rings is 1. The van der Waals surface area contributed by atoms with Crippen LogP contribution < -0.4 is 5.32 Å². The van der Waals surface area contributed by atoms with Crippen molar-refractivity contribution in [2.75, 3.05) is 5.32 Å². The monoisotopic (exact) mass is 331 g/mol. The van der Waals surface area contributed by atoms with E-state index in [1.54, 1.807) is 18.2 Å². The van der Waals surface area contributed by atoms with E-state index in [-0.39, 0.29) is 5.56 Å². The van der Waals surface area contributed by atoms with Crippen LogP contribution in [0.15, 0.2) is 79.1 Å². The summed E-state index contributed by atoms with van der Waals surface area (Å²) in [5, 5.41) is 2.73. The number of rotatable bonds is 3. The van der Waals surface area contributed by atoms with Crippen molar-refractivity contribution < 1.29 is 9.18 Å². The van der Waals surface area contributed by atoms with Crippen LogP contribution in [0.25, 0.3) is 16.9 Å². The Balaban J connectivity index is 1.63. The highest BCUT2D eigenvalue weighted by Crippen LogP contribution is 2.23. The van der Waals surface area contributed by atoms with Crippen molar-refractivity contribution in [1.82, 2.24) is 9.38 Å². The number of hydrogen-bond acceptors (Lipinski definition) is 2. The van der Waals surface area contributed by atoms with Crippen LogP contribution in [0, 0.1) is 5.82 Å². The first-order chi connectivity index (χ1) is 12.2. The molecule has 4 aromatic rings. The Bertz CT molecular complexity index is 1040. The van der Waals surface area contributed by atoms with Gasteiger partial charge in [-0.3, -0.25) is 4.79 Å². The molecule has 25 heavy (non-hydrogen) atoms. The molecule has 0 saturated carbocycles. The Labute approximate surface area is 143 Å². The number of halogens is 1. The summed E-state index contributed by atoms with van der Waals surface area (Å²) in [5.74, 6) is -1.03. The zero-order chi connectivity index (χ0) is 17.2. The number of fused-ring (bicyclic) bond motifs is 1. The molecule has 1 amide bonds. The molecule has 0 spiro atoms. The number of carbonyl (C=O) groups excluding carboxylic acids is 1. The van der Waals surface area contributed by atoms with Crippen LogP contribution in [0.5, 0.6) is 0 Å². The molecule has 2 aromatic heterocycles. The first-order valence-electron chi connectivity index (χ1n) is 7.81. The fraction of sp³-hybridized carbons (Fsp3) is 0. The largest absolute Gasteiger partial charge is 0.322 e. The van der Waals surface area contributed by atoms with E-state index in [0.717, 1.165) is 16.9 Å². The van der Waals surface area contributed by atoms with Crippen LogP contribution in [0.1, 0.15) is 10.4 Å². The second-order valence-corrected chi connectivity index (χ2v) is 5.61. The van der Waals surface area contributed by atoms with Crippen molar-refractivity contribution in [3.8, 4) is 11.3 Å². The van der Waals surface area contributed by atoms with E-state index in [2.05, 4.69) is 10.3 Å². The molecule has 0 atom stereocenters. The van der Waals surface area contributed by atoms with Gasteiger partial charge in [0.1, 0.15) is 11.5 Å². The molecule has 1 N–H and O–H groups in total. The number of nitrogens with one attached hydrogen (secondary N) is 1. The van der Waals surface area contributed by atoms with Gasteiger partial charge in [-0.1, -0.05) is 30.3 Å². The van der Waals surface area contributed by atoms with Gasteiger partial charge in [0.25, 0.3) is 5.91 Å². The lowest BCUT2D eigenvalue weighted by Gasteiger charge is -2.07. The molecule has 5 heteroatoms. The molecule has 0 bridgehead atoms. The van der Waals surface area contributed by atoms with E-state index in [4.69, 9.17) is 0 Å². The minimum Gasteiger partial charge on any atom is -0.322 e. The van der Waals surface area contributed by atoms with Crippen molar-refractivity contribution in [1.29, 1.82) is 0 Å². The van der Waals surface area contributed by atoms with Gasteiger partial charge in [-0.25, -0.2) is 9.37 Å². The molecule has 2 heterocycles.